The molecule has 0 saturated heterocycles. The van der Waals surface area contributed by atoms with Gasteiger partial charge in [-0.15, -0.1) is 0 Å². The fourth-order valence-electron chi connectivity index (χ4n) is 3.28. The topological polar surface area (TPSA) is 112 Å². The van der Waals surface area contributed by atoms with Gasteiger partial charge in [0.25, 0.3) is 11.8 Å². The van der Waals surface area contributed by atoms with Crippen LogP contribution in [-0.4, -0.2) is 34.0 Å². The van der Waals surface area contributed by atoms with Crippen LogP contribution in [0.4, 0.5) is 5.69 Å². The molecule has 3 aromatic carbocycles. The third-order valence-electron chi connectivity index (χ3n) is 4.52. The number of benzene rings is 3. The quantitative estimate of drug-likeness (QED) is 0.600. The van der Waals surface area contributed by atoms with Gasteiger partial charge in [0.15, 0.2) is 0 Å². The molecule has 138 valence electrons. The maximum atomic E-state index is 13.1. The molecule has 0 bridgehead atoms. The minimum atomic E-state index is -1.37. The molecule has 0 spiro atoms. The van der Waals surface area contributed by atoms with Crippen molar-refractivity contribution in [2.75, 3.05) is 4.90 Å². The molecule has 1 aliphatic rings. The Bertz CT molecular complexity index is 1180. The van der Waals surface area contributed by atoms with Gasteiger partial charge in [-0.2, -0.15) is 0 Å². The number of carbonyl (C=O) groups is 4. The number of carboxylic acid groups (broad SMARTS) is 2. The Balaban J connectivity index is 1.97. The molecule has 7 nitrogen and oxygen atoms in total. The van der Waals surface area contributed by atoms with E-state index >= 15 is 0 Å². The van der Waals surface area contributed by atoms with E-state index in [2.05, 4.69) is 15.9 Å². The molecule has 0 radical (unpaired) electrons. The van der Waals surface area contributed by atoms with Crippen molar-refractivity contribution >= 4 is 56.1 Å². The van der Waals surface area contributed by atoms with Crippen molar-refractivity contribution in [3.63, 3.8) is 0 Å². The standard InChI is InChI=1S/C20H10BrNO6/c21-15-5-4-14-16-12(15)2-1-3-13(16)17(23)22(18(14)24)11-7-9(19(25)26)6-10(8-11)20(27)28/h1-8H,(H,25,26)(H,27,28). The average Bonchev–Trinajstić information content (AvgIpc) is 2.67. The Labute approximate surface area is 165 Å². The lowest BCUT2D eigenvalue weighted by molar-refractivity contribution is 0.0695. The van der Waals surface area contributed by atoms with Gasteiger partial charge in [0, 0.05) is 21.0 Å². The third-order valence-corrected chi connectivity index (χ3v) is 5.22. The highest BCUT2D eigenvalue weighted by atomic mass is 79.9. The van der Waals surface area contributed by atoms with Crippen molar-refractivity contribution in [3.8, 4) is 0 Å². The minimum Gasteiger partial charge on any atom is -0.478 e. The van der Waals surface area contributed by atoms with Gasteiger partial charge < -0.3 is 10.2 Å². The van der Waals surface area contributed by atoms with Gasteiger partial charge in [-0.05, 0) is 41.8 Å². The highest BCUT2D eigenvalue weighted by molar-refractivity contribution is 9.10. The Morgan fingerprint density at radius 1 is 0.821 bits per heavy atom. The smallest absolute Gasteiger partial charge is 0.335 e. The van der Waals surface area contributed by atoms with Gasteiger partial charge in [-0.1, -0.05) is 28.1 Å². The van der Waals surface area contributed by atoms with Crippen LogP contribution >= 0.6 is 15.9 Å². The molecule has 2 amide bonds. The molecule has 0 fully saturated rings. The zero-order valence-electron chi connectivity index (χ0n) is 14.0. The fraction of sp³-hybridized carbons (Fsp3) is 0. The zero-order chi connectivity index (χ0) is 20.2. The van der Waals surface area contributed by atoms with Gasteiger partial charge in [-0.3, -0.25) is 9.59 Å². The minimum absolute atomic E-state index is 0.113. The lowest BCUT2D eigenvalue weighted by atomic mass is 9.93. The van der Waals surface area contributed by atoms with Gasteiger partial charge in [0.05, 0.1) is 16.8 Å². The molecule has 8 heteroatoms. The molecule has 0 aliphatic carbocycles. The van der Waals surface area contributed by atoms with E-state index in [4.69, 9.17) is 0 Å². The summed E-state index contributed by atoms with van der Waals surface area (Å²) in [6.45, 7) is 0. The predicted molar refractivity (Wildman–Crippen MR) is 103 cm³/mol. The second-order valence-corrected chi connectivity index (χ2v) is 7.00. The summed E-state index contributed by atoms with van der Waals surface area (Å²) >= 11 is 3.40. The predicted octanol–water partition coefficient (Wildman–Crippen LogP) is 3.80. The van der Waals surface area contributed by atoms with Crippen LogP contribution in [0.15, 0.2) is 53.0 Å². The number of aromatic carboxylic acids is 2. The highest BCUT2D eigenvalue weighted by Crippen LogP contribution is 2.36. The van der Waals surface area contributed by atoms with Gasteiger partial charge in [-0.25, -0.2) is 14.5 Å². The van der Waals surface area contributed by atoms with Gasteiger partial charge >= 0.3 is 11.9 Å². The van der Waals surface area contributed by atoms with E-state index in [9.17, 15) is 29.4 Å². The SMILES string of the molecule is O=C(O)c1cc(C(=O)O)cc(N2C(=O)c3cccc4c(Br)ccc(c34)C2=O)c1. The first kappa shape index (κ1) is 17.9. The van der Waals surface area contributed by atoms with Crippen molar-refractivity contribution in [1.29, 1.82) is 0 Å². The van der Waals surface area contributed by atoms with Crippen molar-refractivity contribution in [1.82, 2.24) is 0 Å². The van der Waals surface area contributed by atoms with E-state index in [0.29, 0.717) is 10.8 Å². The number of nitrogens with zero attached hydrogens (tertiary/aromatic N) is 1. The number of rotatable bonds is 3. The number of imide groups is 1. The second kappa shape index (κ2) is 6.28. The number of halogens is 1. The summed E-state index contributed by atoms with van der Waals surface area (Å²) in [6.07, 6.45) is 0. The summed E-state index contributed by atoms with van der Waals surface area (Å²) in [5.74, 6) is -4.04. The number of carboxylic acids is 2. The summed E-state index contributed by atoms with van der Waals surface area (Å²) < 4.78 is 0.725. The molecule has 1 aliphatic heterocycles. The van der Waals surface area contributed by atoms with E-state index in [-0.39, 0.29) is 27.9 Å². The Morgan fingerprint density at radius 2 is 1.39 bits per heavy atom. The average molecular weight is 440 g/mol. The maximum Gasteiger partial charge on any atom is 0.335 e. The van der Waals surface area contributed by atoms with Crippen molar-refractivity contribution in [3.05, 3.63) is 75.3 Å². The molecular formula is C20H10BrNO6. The van der Waals surface area contributed by atoms with Crippen LogP contribution in [0.25, 0.3) is 10.8 Å². The second-order valence-electron chi connectivity index (χ2n) is 6.15. The summed E-state index contributed by atoms with van der Waals surface area (Å²) in [4.78, 5) is 49.7. The van der Waals surface area contributed by atoms with Crippen LogP contribution in [0.2, 0.25) is 0 Å². The first-order chi connectivity index (χ1) is 13.3. The first-order valence-electron chi connectivity index (χ1n) is 8.01. The maximum absolute atomic E-state index is 13.1. The number of carbonyl (C=O) groups excluding carboxylic acids is 2. The summed E-state index contributed by atoms with van der Waals surface area (Å²) in [5.41, 5.74) is -0.250. The van der Waals surface area contributed by atoms with Crippen LogP contribution in [0.1, 0.15) is 41.4 Å². The molecule has 1 heterocycles. The monoisotopic (exact) mass is 439 g/mol. The zero-order valence-corrected chi connectivity index (χ0v) is 15.6. The number of amides is 2. The van der Waals surface area contributed by atoms with Crippen molar-refractivity contribution < 1.29 is 29.4 Å². The Kier molecular flexibility index (Phi) is 4.01. The lowest BCUT2D eigenvalue weighted by Gasteiger charge is -2.28. The van der Waals surface area contributed by atoms with Crippen molar-refractivity contribution in [2.24, 2.45) is 0 Å². The first-order valence-corrected chi connectivity index (χ1v) is 8.80. The molecule has 0 unspecified atom stereocenters. The van der Waals surface area contributed by atoms with Crippen LogP contribution in [-0.2, 0) is 0 Å². The fourth-order valence-corrected chi connectivity index (χ4v) is 3.75. The van der Waals surface area contributed by atoms with Gasteiger partial charge in [0.1, 0.15) is 0 Å². The molecule has 2 N–H and O–H groups in total. The molecular weight excluding hydrogens is 430 g/mol. The van der Waals surface area contributed by atoms with Crippen molar-refractivity contribution in [2.45, 2.75) is 0 Å². The lowest BCUT2D eigenvalue weighted by Crippen LogP contribution is -2.40. The number of hydrogen-bond acceptors (Lipinski definition) is 4. The van der Waals surface area contributed by atoms with E-state index < -0.39 is 23.8 Å². The number of hydrogen-bond donors (Lipinski definition) is 2. The van der Waals surface area contributed by atoms with E-state index in [1.165, 1.54) is 0 Å². The number of anilines is 1. The van der Waals surface area contributed by atoms with E-state index in [1.54, 1.807) is 30.3 Å². The summed E-state index contributed by atoms with van der Waals surface area (Å²) in [7, 11) is 0. The Hall–Kier alpha value is -3.52. The molecule has 0 saturated carbocycles. The molecule has 3 aromatic rings. The van der Waals surface area contributed by atoms with Crippen LogP contribution < -0.4 is 4.90 Å². The van der Waals surface area contributed by atoms with Crippen LogP contribution in [0, 0.1) is 0 Å². The molecule has 0 atom stereocenters. The normalized spacial score (nSPS) is 13.1. The van der Waals surface area contributed by atoms with Crippen LogP contribution in [0.3, 0.4) is 0 Å². The Morgan fingerprint density at radius 3 is 1.96 bits per heavy atom. The third kappa shape index (κ3) is 2.57. The molecule has 4 rings (SSSR count). The van der Waals surface area contributed by atoms with E-state index in [0.717, 1.165) is 27.6 Å². The molecule has 28 heavy (non-hydrogen) atoms. The van der Waals surface area contributed by atoms with Gasteiger partial charge in [0.2, 0.25) is 0 Å². The molecule has 0 aromatic heterocycles. The highest BCUT2D eigenvalue weighted by Gasteiger charge is 2.35. The summed E-state index contributed by atoms with van der Waals surface area (Å²) in [6, 6.07) is 11.5. The van der Waals surface area contributed by atoms with Crippen LogP contribution in [0.5, 0.6) is 0 Å². The summed E-state index contributed by atoms with van der Waals surface area (Å²) in [5, 5.41) is 19.7. The van der Waals surface area contributed by atoms with E-state index in [1.807, 2.05) is 0 Å². The largest absolute Gasteiger partial charge is 0.478 e.